The molecule has 0 fully saturated rings. The van der Waals surface area contributed by atoms with Gasteiger partial charge in [-0.2, -0.15) is 0 Å². The summed E-state index contributed by atoms with van der Waals surface area (Å²) in [6.07, 6.45) is 3.69. The van der Waals surface area contributed by atoms with Gasteiger partial charge in [-0.25, -0.2) is 0 Å². The maximum absolute atomic E-state index is 13.0. The third-order valence-electron chi connectivity index (χ3n) is 4.83. The zero-order chi connectivity index (χ0) is 20.5. The summed E-state index contributed by atoms with van der Waals surface area (Å²) in [6, 6.07) is 12.5. The van der Waals surface area contributed by atoms with Gasteiger partial charge >= 0.3 is 0 Å². The number of ether oxygens (including phenoxy) is 1. The van der Waals surface area contributed by atoms with Crippen molar-refractivity contribution in [3.8, 4) is 23.0 Å². The van der Waals surface area contributed by atoms with Crippen LogP contribution in [0.3, 0.4) is 0 Å². The van der Waals surface area contributed by atoms with Gasteiger partial charge in [0, 0.05) is 33.0 Å². The predicted octanol–water partition coefficient (Wildman–Crippen LogP) is 2.72. The van der Waals surface area contributed by atoms with Gasteiger partial charge in [0.15, 0.2) is 23.0 Å². The Morgan fingerprint density at radius 1 is 1.21 bits per heavy atom. The number of carbonyl (C=O) groups excluding carboxylic acids is 1. The molecule has 0 spiro atoms. The Morgan fingerprint density at radius 2 is 2.03 bits per heavy atom. The van der Waals surface area contributed by atoms with Crippen molar-refractivity contribution in [2.75, 3.05) is 14.2 Å². The molecule has 8 nitrogen and oxygen atoms in total. The van der Waals surface area contributed by atoms with Crippen molar-refractivity contribution in [2.45, 2.75) is 6.54 Å². The molecule has 0 aliphatic rings. The lowest BCUT2D eigenvalue weighted by Crippen LogP contribution is -2.26. The smallest absolute Gasteiger partial charge is 0.255 e. The summed E-state index contributed by atoms with van der Waals surface area (Å²) in [7, 11) is 5.15. The summed E-state index contributed by atoms with van der Waals surface area (Å²) in [6.45, 7) is 0.348. The van der Waals surface area contributed by atoms with E-state index in [-0.39, 0.29) is 11.7 Å². The number of rotatable bonds is 5. The van der Waals surface area contributed by atoms with Gasteiger partial charge in [0.1, 0.15) is 0 Å². The van der Waals surface area contributed by atoms with Gasteiger partial charge in [-0.1, -0.05) is 6.07 Å². The van der Waals surface area contributed by atoms with Gasteiger partial charge in [0.25, 0.3) is 5.91 Å². The van der Waals surface area contributed by atoms with Crippen LogP contribution in [0.4, 0.5) is 0 Å². The minimum Gasteiger partial charge on any atom is -0.504 e. The molecule has 3 aromatic heterocycles. The Bertz CT molecular complexity index is 1190. The monoisotopic (exact) mass is 391 g/mol. The second kappa shape index (κ2) is 7.31. The Labute approximate surface area is 167 Å². The van der Waals surface area contributed by atoms with Crippen LogP contribution >= 0.6 is 0 Å². The number of aromatic hydroxyl groups is 1. The van der Waals surface area contributed by atoms with Crippen molar-refractivity contribution in [1.29, 1.82) is 0 Å². The number of hydrogen-bond acceptors (Lipinski definition) is 5. The molecule has 148 valence electrons. The molecule has 4 aromatic rings. The molecule has 3 heterocycles. The molecule has 0 saturated heterocycles. The highest BCUT2D eigenvalue weighted by molar-refractivity contribution is 5.94. The average molecular weight is 391 g/mol. The maximum Gasteiger partial charge on any atom is 0.255 e. The minimum atomic E-state index is -0.145. The SMILES string of the molecule is COc1ccc(CN(C)C(=O)c2ccc3nnc(-c4cccn4C)n3c2)cc1O. The molecule has 0 radical (unpaired) electrons. The molecule has 29 heavy (non-hydrogen) atoms. The lowest BCUT2D eigenvalue weighted by atomic mass is 10.1. The Hall–Kier alpha value is -3.81. The third kappa shape index (κ3) is 3.40. The van der Waals surface area contributed by atoms with E-state index < -0.39 is 0 Å². The van der Waals surface area contributed by atoms with Gasteiger partial charge in [0.05, 0.1) is 18.4 Å². The number of benzene rings is 1. The van der Waals surface area contributed by atoms with Crippen LogP contribution in [-0.2, 0) is 13.6 Å². The fraction of sp³-hybridized carbons (Fsp3) is 0.190. The Morgan fingerprint density at radius 3 is 2.72 bits per heavy atom. The highest BCUT2D eigenvalue weighted by atomic mass is 16.5. The number of phenolic OH excluding ortho intramolecular Hbond substituents is 1. The van der Waals surface area contributed by atoms with E-state index in [2.05, 4.69) is 10.2 Å². The van der Waals surface area contributed by atoms with Crippen molar-refractivity contribution >= 4 is 11.6 Å². The molecule has 1 N–H and O–H groups in total. The molecule has 4 rings (SSSR count). The molecule has 1 amide bonds. The first-order chi connectivity index (χ1) is 14.0. The molecular weight excluding hydrogens is 370 g/mol. The number of aryl methyl sites for hydroxylation is 1. The van der Waals surface area contributed by atoms with Crippen LogP contribution in [0.1, 0.15) is 15.9 Å². The first kappa shape index (κ1) is 18.5. The van der Waals surface area contributed by atoms with Crippen LogP contribution < -0.4 is 4.74 Å². The largest absolute Gasteiger partial charge is 0.504 e. The van der Waals surface area contributed by atoms with Crippen LogP contribution in [0.5, 0.6) is 11.5 Å². The van der Waals surface area contributed by atoms with Crippen molar-refractivity contribution in [1.82, 2.24) is 24.1 Å². The average Bonchev–Trinajstić information content (AvgIpc) is 3.32. The summed E-state index contributed by atoms with van der Waals surface area (Å²) in [5.41, 5.74) is 2.90. The molecule has 8 heteroatoms. The zero-order valence-electron chi connectivity index (χ0n) is 16.4. The lowest BCUT2D eigenvalue weighted by Gasteiger charge is -2.18. The first-order valence-electron chi connectivity index (χ1n) is 9.06. The number of carbonyl (C=O) groups is 1. The van der Waals surface area contributed by atoms with Gasteiger partial charge < -0.3 is 19.3 Å². The third-order valence-corrected chi connectivity index (χ3v) is 4.83. The van der Waals surface area contributed by atoms with E-state index in [0.717, 1.165) is 11.3 Å². The van der Waals surface area contributed by atoms with Crippen molar-refractivity contribution < 1.29 is 14.6 Å². The summed E-state index contributed by atoms with van der Waals surface area (Å²) in [5, 5.41) is 18.4. The lowest BCUT2D eigenvalue weighted by molar-refractivity contribution is 0.0784. The number of amides is 1. The topological polar surface area (TPSA) is 84.9 Å². The van der Waals surface area contributed by atoms with Gasteiger partial charge in [-0.05, 0) is 42.0 Å². The number of pyridine rings is 1. The molecule has 0 bridgehead atoms. The van der Waals surface area contributed by atoms with Crippen LogP contribution in [-0.4, -0.2) is 49.2 Å². The highest BCUT2D eigenvalue weighted by Gasteiger charge is 2.17. The summed E-state index contributed by atoms with van der Waals surface area (Å²) in [5.74, 6) is 0.969. The minimum absolute atomic E-state index is 0.0453. The number of aromatic nitrogens is 4. The summed E-state index contributed by atoms with van der Waals surface area (Å²) in [4.78, 5) is 14.6. The molecule has 0 atom stereocenters. The van der Waals surface area contributed by atoms with Gasteiger partial charge in [-0.15, -0.1) is 10.2 Å². The molecule has 1 aromatic carbocycles. The van der Waals surface area contributed by atoms with E-state index in [1.165, 1.54) is 7.11 Å². The Kier molecular flexibility index (Phi) is 4.67. The molecule has 0 unspecified atom stereocenters. The van der Waals surface area contributed by atoms with E-state index in [4.69, 9.17) is 4.74 Å². The van der Waals surface area contributed by atoms with E-state index in [1.54, 1.807) is 42.4 Å². The second-order valence-electron chi connectivity index (χ2n) is 6.84. The highest BCUT2D eigenvalue weighted by Crippen LogP contribution is 2.27. The summed E-state index contributed by atoms with van der Waals surface area (Å²) < 4.78 is 8.82. The van der Waals surface area contributed by atoms with Gasteiger partial charge in [-0.3, -0.25) is 9.20 Å². The fourth-order valence-corrected chi connectivity index (χ4v) is 3.29. The number of fused-ring (bicyclic) bond motifs is 1. The molecular formula is C21H21N5O3. The predicted molar refractivity (Wildman–Crippen MR) is 108 cm³/mol. The van der Waals surface area contributed by atoms with E-state index >= 15 is 0 Å². The first-order valence-corrected chi connectivity index (χ1v) is 9.06. The van der Waals surface area contributed by atoms with Crippen molar-refractivity contribution in [2.24, 2.45) is 7.05 Å². The zero-order valence-corrected chi connectivity index (χ0v) is 16.4. The standard InChI is InChI=1S/C21H21N5O3/c1-24-10-4-5-16(24)20-23-22-19-9-7-15(13-26(19)20)21(28)25(2)12-14-6-8-18(29-3)17(27)11-14/h4-11,13,27H,12H2,1-3H3. The molecule has 0 saturated carbocycles. The van der Waals surface area contributed by atoms with Gasteiger partial charge in [0.2, 0.25) is 0 Å². The number of phenols is 1. The van der Waals surface area contributed by atoms with E-state index in [0.29, 0.717) is 29.3 Å². The van der Waals surface area contributed by atoms with Crippen LogP contribution in [0.2, 0.25) is 0 Å². The van der Waals surface area contributed by atoms with Crippen molar-refractivity contribution in [3.05, 3.63) is 66.0 Å². The number of methoxy groups -OCH3 is 1. The quantitative estimate of drug-likeness (QED) is 0.565. The molecule has 0 aliphatic heterocycles. The van der Waals surface area contributed by atoms with Crippen molar-refractivity contribution in [3.63, 3.8) is 0 Å². The van der Waals surface area contributed by atoms with E-state index in [1.807, 2.05) is 40.4 Å². The number of hydrogen-bond donors (Lipinski definition) is 1. The number of nitrogens with zero attached hydrogens (tertiary/aromatic N) is 5. The van der Waals surface area contributed by atoms with Crippen LogP contribution in [0.15, 0.2) is 54.9 Å². The fourth-order valence-electron chi connectivity index (χ4n) is 3.29. The molecule has 0 aliphatic carbocycles. The maximum atomic E-state index is 13.0. The Balaban J connectivity index is 1.61. The normalized spacial score (nSPS) is 11.0. The van der Waals surface area contributed by atoms with E-state index in [9.17, 15) is 9.90 Å². The summed E-state index contributed by atoms with van der Waals surface area (Å²) >= 11 is 0. The second-order valence-corrected chi connectivity index (χ2v) is 6.84. The van der Waals surface area contributed by atoms with Crippen LogP contribution in [0, 0.1) is 0 Å². The van der Waals surface area contributed by atoms with Crippen LogP contribution in [0.25, 0.3) is 17.2 Å².